The maximum Gasteiger partial charge on any atom is 0.0163 e. The highest BCUT2D eigenvalue weighted by molar-refractivity contribution is 5.34. The number of hydrogen-bond acceptors (Lipinski definition) is 1. The zero-order valence-electron chi connectivity index (χ0n) is 9.18. The summed E-state index contributed by atoms with van der Waals surface area (Å²) in [5.41, 5.74) is 9.37. The second-order valence-electron chi connectivity index (χ2n) is 5.06. The quantitative estimate of drug-likeness (QED) is 0.676. The van der Waals surface area contributed by atoms with Crippen LogP contribution in [0.15, 0.2) is 23.3 Å². The number of rotatable bonds is 1. The van der Waals surface area contributed by atoms with E-state index in [1.807, 2.05) is 0 Å². The van der Waals surface area contributed by atoms with Gasteiger partial charge in [-0.05, 0) is 63.0 Å². The molecule has 2 aliphatic rings. The van der Waals surface area contributed by atoms with E-state index in [0.29, 0.717) is 0 Å². The highest BCUT2D eigenvalue weighted by atomic mass is 14.7. The van der Waals surface area contributed by atoms with Gasteiger partial charge in [-0.2, -0.15) is 0 Å². The van der Waals surface area contributed by atoms with E-state index in [0.717, 1.165) is 12.8 Å². The molecule has 2 aliphatic carbocycles. The molecule has 14 heavy (non-hydrogen) atoms. The van der Waals surface area contributed by atoms with Gasteiger partial charge in [-0.25, -0.2) is 0 Å². The van der Waals surface area contributed by atoms with E-state index in [2.05, 4.69) is 19.1 Å². The van der Waals surface area contributed by atoms with Gasteiger partial charge in [-0.3, -0.25) is 0 Å². The largest absolute Gasteiger partial charge is 0.325 e. The summed E-state index contributed by atoms with van der Waals surface area (Å²) in [6.45, 7) is 2.16. The normalized spacial score (nSPS) is 33.6. The lowest BCUT2D eigenvalue weighted by molar-refractivity contribution is 0.419. The Labute approximate surface area is 87.1 Å². The minimum absolute atomic E-state index is 0.0543. The summed E-state index contributed by atoms with van der Waals surface area (Å²) in [5.74, 6) is 0. The molecule has 0 heterocycles. The van der Waals surface area contributed by atoms with Crippen LogP contribution in [0, 0.1) is 0 Å². The Hall–Kier alpha value is -0.560. The van der Waals surface area contributed by atoms with Gasteiger partial charge in [0.1, 0.15) is 0 Å². The molecule has 0 saturated heterocycles. The van der Waals surface area contributed by atoms with Gasteiger partial charge in [0.05, 0.1) is 0 Å². The summed E-state index contributed by atoms with van der Waals surface area (Å²) >= 11 is 0. The summed E-state index contributed by atoms with van der Waals surface area (Å²) < 4.78 is 0. The number of nitrogens with two attached hydrogens (primary N) is 1. The van der Waals surface area contributed by atoms with Gasteiger partial charge >= 0.3 is 0 Å². The van der Waals surface area contributed by atoms with Gasteiger partial charge in [-0.15, -0.1) is 0 Å². The Morgan fingerprint density at radius 3 is 2.50 bits per heavy atom. The van der Waals surface area contributed by atoms with Gasteiger partial charge in [0, 0.05) is 5.54 Å². The van der Waals surface area contributed by atoms with E-state index < -0.39 is 0 Å². The fourth-order valence-electron chi connectivity index (χ4n) is 2.40. The van der Waals surface area contributed by atoms with Crippen molar-refractivity contribution in [1.82, 2.24) is 0 Å². The van der Waals surface area contributed by atoms with Crippen molar-refractivity contribution < 1.29 is 0 Å². The molecule has 1 heteroatoms. The molecule has 0 bridgehead atoms. The fraction of sp³-hybridized carbons (Fsp3) is 0.692. The molecule has 1 nitrogen and oxygen atoms in total. The van der Waals surface area contributed by atoms with Crippen molar-refractivity contribution in [3.8, 4) is 0 Å². The van der Waals surface area contributed by atoms with Crippen molar-refractivity contribution in [2.45, 2.75) is 57.4 Å². The molecule has 2 N–H and O–H groups in total. The lowest BCUT2D eigenvalue weighted by atomic mass is 9.80. The summed E-state index contributed by atoms with van der Waals surface area (Å²) in [7, 11) is 0. The van der Waals surface area contributed by atoms with Crippen LogP contribution in [0.1, 0.15) is 51.9 Å². The van der Waals surface area contributed by atoms with E-state index in [4.69, 9.17) is 5.73 Å². The molecule has 78 valence electrons. The van der Waals surface area contributed by atoms with Crippen LogP contribution < -0.4 is 5.73 Å². The average Bonchev–Trinajstić information content (AvgIpc) is 2.19. The summed E-state index contributed by atoms with van der Waals surface area (Å²) in [4.78, 5) is 0. The standard InChI is InChI=1S/C13H21N/c1-13(14)9-7-12(8-10-13)11-5-3-2-4-6-11/h5,7H,2-4,6,8-10,14H2,1H3. The van der Waals surface area contributed by atoms with Crippen molar-refractivity contribution >= 4 is 0 Å². The second kappa shape index (κ2) is 3.90. The molecule has 0 saturated carbocycles. The number of hydrogen-bond donors (Lipinski definition) is 1. The Balaban J connectivity index is 2.06. The van der Waals surface area contributed by atoms with Gasteiger partial charge < -0.3 is 5.73 Å². The van der Waals surface area contributed by atoms with Crippen molar-refractivity contribution in [3.63, 3.8) is 0 Å². The first-order chi connectivity index (χ1) is 6.67. The van der Waals surface area contributed by atoms with Crippen LogP contribution >= 0.6 is 0 Å². The van der Waals surface area contributed by atoms with Gasteiger partial charge in [0.25, 0.3) is 0 Å². The topological polar surface area (TPSA) is 26.0 Å². The van der Waals surface area contributed by atoms with Crippen LogP contribution in [0.5, 0.6) is 0 Å². The Morgan fingerprint density at radius 2 is 1.93 bits per heavy atom. The Kier molecular flexibility index (Phi) is 2.78. The molecule has 0 aromatic carbocycles. The fourth-order valence-corrected chi connectivity index (χ4v) is 2.40. The third kappa shape index (κ3) is 2.27. The van der Waals surface area contributed by atoms with Crippen LogP contribution in [0.3, 0.4) is 0 Å². The Bertz CT molecular complexity index is 271. The van der Waals surface area contributed by atoms with E-state index in [1.165, 1.54) is 32.1 Å². The molecule has 0 spiro atoms. The predicted octanol–water partition coefficient (Wildman–Crippen LogP) is 3.31. The maximum atomic E-state index is 6.11. The van der Waals surface area contributed by atoms with Gasteiger partial charge in [-0.1, -0.05) is 12.2 Å². The van der Waals surface area contributed by atoms with Gasteiger partial charge in [0.2, 0.25) is 0 Å². The molecule has 2 rings (SSSR count). The second-order valence-corrected chi connectivity index (χ2v) is 5.06. The molecule has 0 radical (unpaired) electrons. The molecule has 0 amide bonds. The molecular formula is C13H21N. The molecule has 0 aromatic heterocycles. The lowest BCUT2D eigenvalue weighted by Gasteiger charge is -2.30. The summed E-state index contributed by atoms with van der Waals surface area (Å²) in [6, 6.07) is 0. The zero-order chi connectivity index (χ0) is 10.0. The van der Waals surface area contributed by atoms with E-state index in [9.17, 15) is 0 Å². The third-order valence-electron chi connectivity index (χ3n) is 3.48. The molecular weight excluding hydrogens is 170 g/mol. The number of allylic oxidation sites excluding steroid dienone is 3. The van der Waals surface area contributed by atoms with Crippen LogP contribution in [0.25, 0.3) is 0 Å². The van der Waals surface area contributed by atoms with E-state index in [-0.39, 0.29) is 5.54 Å². The van der Waals surface area contributed by atoms with Gasteiger partial charge in [0.15, 0.2) is 0 Å². The van der Waals surface area contributed by atoms with Crippen LogP contribution in [-0.4, -0.2) is 5.54 Å². The smallest absolute Gasteiger partial charge is 0.0163 e. The molecule has 1 unspecified atom stereocenters. The first-order valence-electron chi connectivity index (χ1n) is 5.85. The first-order valence-corrected chi connectivity index (χ1v) is 5.85. The lowest BCUT2D eigenvalue weighted by Crippen LogP contribution is -2.37. The van der Waals surface area contributed by atoms with Crippen molar-refractivity contribution in [2.24, 2.45) is 5.73 Å². The molecule has 0 aliphatic heterocycles. The zero-order valence-corrected chi connectivity index (χ0v) is 9.18. The molecule has 1 atom stereocenters. The first kappa shape index (κ1) is 9.97. The maximum absolute atomic E-state index is 6.11. The monoisotopic (exact) mass is 191 g/mol. The summed E-state index contributed by atoms with van der Waals surface area (Å²) in [6.07, 6.45) is 13.6. The van der Waals surface area contributed by atoms with Crippen LogP contribution in [0.4, 0.5) is 0 Å². The third-order valence-corrected chi connectivity index (χ3v) is 3.48. The van der Waals surface area contributed by atoms with Crippen molar-refractivity contribution in [3.05, 3.63) is 23.3 Å². The average molecular weight is 191 g/mol. The van der Waals surface area contributed by atoms with E-state index >= 15 is 0 Å². The molecule has 0 aromatic rings. The van der Waals surface area contributed by atoms with E-state index in [1.54, 1.807) is 11.1 Å². The highest BCUT2D eigenvalue weighted by Gasteiger charge is 2.23. The molecule has 0 fully saturated rings. The van der Waals surface area contributed by atoms with Crippen molar-refractivity contribution in [2.75, 3.05) is 0 Å². The minimum atomic E-state index is 0.0543. The van der Waals surface area contributed by atoms with Crippen LogP contribution in [-0.2, 0) is 0 Å². The Morgan fingerprint density at radius 1 is 1.14 bits per heavy atom. The predicted molar refractivity (Wildman–Crippen MR) is 61.1 cm³/mol. The highest BCUT2D eigenvalue weighted by Crippen LogP contribution is 2.33. The van der Waals surface area contributed by atoms with Crippen molar-refractivity contribution in [1.29, 1.82) is 0 Å². The minimum Gasteiger partial charge on any atom is -0.325 e. The summed E-state index contributed by atoms with van der Waals surface area (Å²) in [5, 5.41) is 0. The SMILES string of the molecule is CC1(N)CC=C(C2=CCCCC2)CC1. The van der Waals surface area contributed by atoms with Crippen LogP contribution in [0.2, 0.25) is 0 Å².